The highest BCUT2D eigenvalue weighted by atomic mass is 16.5. The summed E-state index contributed by atoms with van der Waals surface area (Å²) in [7, 11) is 0. The van der Waals surface area contributed by atoms with Crippen molar-refractivity contribution in [3.05, 3.63) is 42.0 Å². The Morgan fingerprint density at radius 1 is 1.29 bits per heavy atom. The lowest BCUT2D eigenvalue weighted by Gasteiger charge is -2.06. The Balaban J connectivity index is 2.24. The second-order valence-corrected chi connectivity index (χ2v) is 4.71. The monoisotopic (exact) mass is 281 g/mol. The predicted octanol–water partition coefficient (Wildman–Crippen LogP) is 2.65. The lowest BCUT2D eigenvalue weighted by molar-refractivity contribution is 0.435. The molecule has 0 saturated heterocycles. The molecule has 0 aliphatic heterocycles. The van der Waals surface area contributed by atoms with E-state index in [1.165, 1.54) is 0 Å². The fourth-order valence-corrected chi connectivity index (χ4v) is 2.25. The van der Waals surface area contributed by atoms with Crippen LogP contribution in [0.3, 0.4) is 0 Å². The van der Waals surface area contributed by atoms with Crippen LogP contribution in [0.2, 0.25) is 0 Å². The Bertz CT molecular complexity index is 767. The molecule has 0 bridgehead atoms. The van der Waals surface area contributed by atoms with E-state index < -0.39 is 0 Å². The maximum absolute atomic E-state index is 5.97. The lowest BCUT2D eigenvalue weighted by Crippen LogP contribution is -1.98. The van der Waals surface area contributed by atoms with Crippen molar-refractivity contribution in [2.75, 3.05) is 5.73 Å². The van der Waals surface area contributed by atoms with Crippen molar-refractivity contribution in [3.63, 3.8) is 0 Å². The number of nitrogen functional groups attached to an aromatic ring is 1. The van der Waals surface area contributed by atoms with Crippen LogP contribution in [0.15, 0.2) is 35.1 Å². The number of pyridine rings is 1. The SMILES string of the molecule is CCc1nnc(C)cc1-c1onc(N)c1-c1cccnc1. The van der Waals surface area contributed by atoms with Crippen LogP contribution in [-0.4, -0.2) is 20.3 Å². The molecule has 0 amide bonds. The zero-order chi connectivity index (χ0) is 14.8. The summed E-state index contributed by atoms with van der Waals surface area (Å²) in [5, 5.41) is 12.2. The number of rotatable bonds is 3. The van der Waals surface area contributed by atoms with E-state index in [0.29, 0.717) is 11.6 Å². The Morgan fingerprint density at radius 3 is 2.86 bits per heavy atom. The van der Waals surface area contributed by atoms with Crippen molar-refractivity contribution in [1.29, 1.82) is 0 Å². The number of aromatic nitrogens is 4. The predicted molar refractivity (Wildman–Crippen MR) is 79.3 cm³/mol. The Morgan fingerprint density at radius 2 is 2.14 bits per heavy atom. The molecule has 21 heavy (non-hydrogen) atoms. The van der Waals surface area contributed by atoms with Gasteiger partial charge in [-0.05, 0) is 25.5 Å². The summed E-state index contributed by atoms with van der Waals surface area (Å²) >= 11 is 0. The van der Waals surface area contributed by atoms with Crippen molar-refractivity contribution in [2.45, 2.75) is 20.3 Å². The van der Waals surface area contributed by atoms with E-state index in [1.54, 1.807) is 12.4 Å². The zero-order valence-corrected chi connectivity index (χ0v) is 11.9. The summed E-state index contributed by atoms with van der Waals surface area (Å²) in [6, 6.07) is 5.71. The second-order valence-electron chi connectivity index (χ2n) is 4.71. The second kappa shape index (κ2) is 5.32. The molecule has 0 unspecified atom stereocenters. The van der Waals surface area contributed by atoms with Gasteiger partial charge < -0.3 is 10.3 Å². The summed E-state index contributed by atoms with van der Waals surface area (Å²) in [6.45, 7) is 3.91. The van der Waals surface area contributed by atoms with E-state index in [-0.39, 0.29) is 0 Å². The fourth-order valence-electron chi connectivity index (χ4n) is 2.25. The molecule has 3 aromatic heterocycles. The van der Waals surface area contributed by atoms with Crippen molar-refractivity contribution in [3.8, 4) is 22.5 Å². The largest absolute Gasteiger partial charge is 0.380 e. The van der Waals surface area contributed by atoms with Gasteiger partial charge in [-0.15, -0.1) is 0 Å². The van der Waals surface area contributed by atoms with Crippen molar-refractivity contribution in [2.24, 2.45) is 0 Å². The van der Waals surface area contributed by atoms with Crippen LogP contribution < -0.4 is 5.73 Å². The molecule has 0 aliphatic rings. The van der Waals surface area contributed by atoms with Crippen LogP contribution in [0.1, 0.15) is 18.3 Å². The lowest BCUT2D eigenvalue weighted by atomic mass is 10.0. The van der Waals surface area contributed by atoms with Crippen LogP contribution in [0, 0.1) is 6.92 Å². The first-order chi connectivity index (χ1) is 10.2. The molecule has 0 aliphatic carbocycles. The van der Waals surface area contributed by atoms with Crippen LogP contribution in [0.5, 0.6) is 0 Å². The Hall–Kier alpha value is -2.76. The van der Waals surface area contributed by atoms with Gasteiger partial charge >= 0.3 is 0 Å². The van der Waals surface area contributed by atoms with Gasteiger partial charge in [-0.25, -0.2) is 0 Å². The van der Waals surface area contributed by atoms with Crippen molar-refractivity contribution < 1.29 is 4.52 Å². The van der Waals surface area contributed by atoms with Crippen LogP contribution in [-0.2, 0) is 6.42 Å². The molecule has 3 aromatic rings. The number of hydrogen-bond donors (Lipinski definition) is 1. The van der Waals surface area contributed by atoms with Gasteiger partial charge in [-0.2, -0.15) is 10.2 Å². The van der Waals surface area contributed by atoms with Gasteiger partial charge in [0.1, 0.15) is 0 Å². The topological polar surface area (TPSA) is 90.7 Å². The first-order valence-corrected chi connectivity index (χ1v) is 6.69. The average Bonchev–Trinajstić information content (AvgIpc) is 2.89. The van der Waals surface area contributed by atoms with E-state index in [4.69, 9.17) is 10.3 Å². The first-order valence-electron chi connectivity index (χ1n) is 6.69. The standard InChI is InChI=1S/C15H15N5O/c1-3-12-11(7-9(2)18-19-12)14-13(15(16)20-21-14)10-5-4-6-17-8-10/h4-8H,3H2,1-2H3,(H2,16,20). The molecule has 0 aromatic carbocycles. The summed E-state index contributed by atoms with van der Waals surface area (Å²) in [4.78, 5) is 4.12. The first kappa shape index (κ1) is 13.2. The van der Waals surface area contributed by atoms with Crippen molar-refractivity contribution in [1.82, 2.24) is 20.3 Å². The van der Waals surface area contributed by atoms with Gasteiger partial charge in [-0.1, -0.05) is 18.1 Å². The minimum atomic E-state index is 0.342. The maximum Gasteiger partial charge on any atom is 0.178 e. The van der Waals surface area contributed by atoms with Crippen LogP contribution >= 0.6 is 0 Å². The van der Waals surface area contributed by atoms with Gasteiger partial charge in [0.25, 0.3) is 0 Å². The number of nitrogens with two attached hydrogens (primary N) is 1. The van der Waals surface area contributed by atoms with Gasteiger partial charge in [0.05, 0.1) is 17.0 Å². The molecule has 0 fully saturated rings. The molecule has 106 valence electrons. The number of hydrogen-bond acceptors (Lipinski definition) is 6. The highest BCUT2D eigenvalue weighted by molar-refractivity contribution is 5.86. The normalized spacial score (nSPS) is 10.8. The zero-order valence-electron chi connectivity index (χ0n) is 11.9. The third kappa shape index (κ3) is 2.35. The van der Waals surface area contributed by atoms with Gasteiger partial charge in [0.15, 0.2) is 11.6 Å². The van der Waals surface area contributed by atoms with Crippen LogP contribution in [0.25, 0.3) is 22.5 Å². The van der Waals surface area contributed by atoms with E-state index in [1.807, 2.05) is 32.0 Å². The van der Waals surface area contributed by atoms with Gasteiger partial charge in [0, 0.05) is 23.5 Å². The molecular weight excluding hydrogens is 266 g/mol. The Labute approximate surface area is 122 Å². The molecule has 3 heterocycles. The molecule has 2 N–H and O–H groups in total. The molecule has 3 rings (SSSR count). The van der Waals surface area contributed by atoms with Gasteiger partial charge in [-0.3, -0.25) is 4.98 Å². The van der Waals surface area contributed by atoms with E-state index >= 15 is 0 Å². The van der Waals surface area contributed by atoms with E-state index in [9.17, 15) is 0 Å². The molecule has 0 spiro atoms. The number of nitrogens with zero attached hydrogens (tertiary/aromatic N) is 4. The minimum Gasteiger partial charge on any atom is -0.380 e. The van der Waals surface area contributed by atoms with E-state index in [0.717, 1.165) is 34.5 Å². The minimum absolute atomic E-state index is 0.342. The van der Waals surface area contributed by atoms with Gasteiger partial charge in [0.2, 0.25) is 0 Å². The molecule has 6 heteroatoms. The van der Waals surface area contributed by atoms with E-state index in [2.05, 4.69) is 20.3 Å². The third-order valence-corrected chi connectivity index (χ3v) is 3.24. The summed E-state index contributed by atoms with van der Waals surface area (Å²) < 4.78 is 5.46. The quantitative estimate of drug-likeness (QED) is 0.793. The highest BCUT2D eigenvalue weighted by Gasteiger charge is 2.20. The van der Waals surface area contributed by atoms with Crippen LogP contribution in [0.4, 0.5) is 5.82 Å². The highest BCUT2D eigenvalue weighted by Crippen LogP contribution is 2.37. The molecule has 0 atom stereocenters. The summed E-state index contributed by atoms with van der Waals surface area (Å²) in [5.41, 5.74) is 10.1. The fraction of sp³-hybridized carbons (Fsp3) is 0.200. The van der Waals surface area contributed by atoms with Crippen molar-refractivity contribution >= 4 is 5.82 Å². The third-order valence-electron chi connectivity index (χ3n) is 3.24. The molecular formula is C15H15N5O. The number of anilines is 1. The average molecular weight is 281 g/mol. The maximum atomic E-state index is 5.97. The Kier molecular flexibility index (Phi) is 3.35. The summed E-state index contributed by atoms with van der Waals surface area (Å²) in [6.07, 6.45) is 4.19. The molecule has 0 radical (unpaired) electrons. The smallest absolute Gasteiger partial charge is 0.178 e. The number of aryl methyl sites for hydroxylation is 2. The summed E-state index contributed by atoms with van der Waals surface area (Å²) in [5.74, 6) is 0.949. The molecule has 0 saturated carbocycles. The molecule has 6 nitrogen and oxygen atoms in total.